The maximum absolute atomic E-state index is 12.1. The van der Waals surface area contributed by atoms with E-state index in [0.717, 1.165) is 11.3 Å². The molecule has 19 heavy (non-hydrogen) atoms. The highest BCUT2D eigenvalue weighted by atomic mass is 35.5. The Labute approximate surface area is 125 Å². The van der Waals surface area contributed by atoms with Crippen molar-refractivity contribution in [2.75, 3.05) is 0 Å². The molecule has 1 atom stereocenters. The summed E-state index contributed by atoms with van der Waals surface area (Å²) in [7, 11) is -4.03. The largest absolute Gasteiger partial charge is 0.480 e. The Bertz CT molecular complexity index is 589. The van der Waals surface area contributed by atoms with E-state index in [0.29, 0.717) is 0 Å². The van der Waals surface area contributed by atoms with E-state index >= 15 is 0 Å². The Morgan fingerprint density at radius 2 is 1.95 bits per heavy atom. The minimum Gasteiger partial charge on any atom is -0.480 e. The van der Waals surface area contributed by atoms with E-state index in [2.05, 4.69) is 4.72 Å². The van der Waals surface area contributed by atoms with Gasteiger partial charge in [0.2, 0.25) is 10.0 Å². The fourth-order valence-corrected chi connectivity index (χ4v) is 4.87. The molecule has 0 spiro atoms. The molecule has 0 fully saturated rings. The number of halogens is 2. The van der Waals surface area contributed by atoms with Crippen molar-refractivity contribution in [1.82, 2.24) is 4.72 Å². The molecule has 0 aromatic carbocycles. The van der Waals surface area contributed by atoms with Crippen LogP contribution in [0.15, 0.2) is 11.0 Å². The molecule has 2 N–H and O–H groups in total. The molecule has 9 heteroatoms. The zero-order valence-corrected chi connectivity index (χ0v) is 13.5. The van der Waals surface area contributed by atoms with Gasteiger partial charge in [-0.05, 0) is 11.5 Å². The quantitative estimate of drug-likeness (QED) is 0.878. The highest BCUT2D eigenvalue weighted by molar-refractivity contribution is 7.89. The molecule has 0 bridgehead atoms. The number of carbonyl (C=O) groups is 1. The number of carboxylic acids is 1. The fraction of sp³-hybridized carbons (Fsp3) is 0.500. The van der Waals surface area contributed by atoms with Gasteiger partial charge in [0.15, 0.2) is 0 Å². The molecule has 0 aliphatic heterocycles. The van der Waals surface area contributed by atoms with Gasteiger partial charge in [-0.1, -0.05) is 44.0 Å². The second-order valence-corrected chi connectivity index (χ2v) is 8.92. The first-order chi connectivity index (χ1) is 8.45. The smallest absolute Gasteiger partial charge is 0.322 e. The third-order valence-electron chi connectivity index (χ3n) is 2.30. The lowest BCUT2D eigenvalue weighted by Crippen LogP contribution is -2.48. The second kappa shape index (κ2) is 5.57. The van der Waals surface area contributed by atoms with Crippen LogP contribution in [0.3, 0.4) is 0 Å². The maximum Gasteiger partial charge on any atom is 0.322 e. The van der Waals surface area contributed by atoms with Crippen LogP contribution in [0.4, 0.5) is 0 Å². The van der Waals surface area contributed by atoms with Gasteiger partial charge in [-0.2, -0.15) is 4.72 Å². The SMILES string of the molecule is CC(C)(C)[C@@H](NS(=O)(=O)c1cc(Cl)sc1Cl)C(=O)O. The third kappa shape index (κ3) is 4.06. The number of thiophene rings is 1. The van der Waals surface area contributed by atoms with Crippen LogP contribution < -0.4 is 4.72 Å². The van der Waals surface area contributed by atoms with E-state index in [1.54, 1.807) is 20.8 Å². The summed E-state index contributed by atoms with van der Waals surface area (Å²) in [5, 5.41) is 9.11. The first-order valence-corrected chi connectivity index (χ1v) is 8.20. The summed E-state index contributed by atoms with van der Waals surface area (Å²) in [5.41, 5.74) is -0.787. The summed E-state index contributed by atoms with van der Waals surface area (Å²) < 4.78 is 26.6. The number of nitrogens with one attached hydrogen (secondary N) is 1. The van der Waals surface area contributed by atoms with Crippen LogP contribution in [-0.4, -0.2) is 25.5 Å². The summed E-state index contributed by atoms with van der Waals surface area (Å²) in [6.45, 7) is 4.86. The Hall–Kier alpha value is -0.340. The molecular weight excluding hydrogens is 333 g/mol. The lowest BCUT2D eigenvalue weighted by molar-refractivity contribution is -0.141. The van der Waals surface area contributed by atoms with Crippen LogP contribution >= 0.6 is 34.5 Å². The molecule has 0 unspecified atom stereocenters. The molecule has 5 nitrogen and oxygen atoms in total. The van der Waals surface area contributed by atoms with Crippen LogP contribution in [0.5, 0.6) is 0 Å². The third-order valence-corrected chi connectivity index (χ3v) is 5.48. The van der Waals surface area contributed by atoms with Crippen molar-refractivity contribution < 1.29 is 18.3 Å². The molecule has 0 aliphatic carbocycles. The monoisotopic (exact) mass is 345 g/mol. The summed E-state index contributed by atoms with van der Waals surface area (Å²) >= 11 is 12.4. The van der Waals surface area contributed by atoms with E-state index in [1.807, 2.05) is 0 Å². The van der Waals surface area contributed by atoms with Crippen LogP contribution in [0.1, 0.15) is 20.8 Å². The van der Waals surface area contributed by atoms with Crippen LogP contribution in [0.25, 0.3) is 0 Å². The summed E-state index contributed by atoms with van der Waals surface area (Å²) in [6, 6.07) is -0.0782. The first kappa shape index (κ1) is 16.7. The second-order valence-electron chi connectivity index (χ2n) is 4.95. The summed E-state index contributed by atoms with van der Waals surface area (Å²) in [4.78, 5) is 11.0. The van der Waals surface area contributed by atoms with E-state index in [9.17, 15) is 13.2 Å². The minimum absolute atomic E-state index is 0.00412. The molecule has 0 radical (unpaired) electrons. The molecule has 0 saturated carbocycles. The molecule has 108 valence electrons. The predicted octanol–water partition coefficient (Wildman–Crippen LogP) is 2.83. The normalized spacial score (nSPS) is 14.4. The van der Waals surface area contributed by atoms with E-state index < -0.39 is 27.4 Å². The molecular formula is C10H13Cl2NO4S2. The van der Waals surface area contributed by atoms with E-state index in [1.165, 1.54) is 6.07 Å². The summed E-state index contributed by atoms with van der Waals surface area (Å²) in [5.74, 6) is -1.26. The van der Waals surface area contributed by atoms with Crippen molar-refractivity contribution in [2.24, 2.45) is 5.41 Å². The van der Waals surface area contributed by atoms with Gasteiger partial charge in [0, 0.05) is 0 Å². The molecule has 0 aliphatic rings. The number of rotatable bonds is 4. The molecule has 1 aromatic heterocycles. The zero-order chi connectivity index (χ0) is 15.0. The molecule has 0 amide bonds. The minimum atomic E-state index is -4.03. The van der Waals surface area contributed by atoms with Gasteiger partial charge in [-0.15, -0.1) is 11.3 Å². The van der Waals surface area contributed by atoms with Crippen molar-refractivity contribution in [3.8, 4) is 0 Å². The lowest BCUT2D eigenvalue weighted by Gasteiger charge is -2.27. The van der Waals surface area contributed by atoms with Crippen molar-refractivity contribution in [1.29, 1.82) is 0 Å². The van der Waals surface area contributed by atoms with Gasteiger partial charge in [-0.25, -0.2) is 8.42 Å². The van der Waals surface area contributed by atoms with Gasteiger partial charge in [-0.3, -0.25) is 4.79 Å². The number of hydrogen-bond donors (Lipinski definition) is 2. The molecule has 1 aromatic rings. The first-order valence-electron chi connectivity index (χ1n) is 5.15. The van der Waals surface area contributed by atoms with Crippen LogP contribution in [0, 0.1) is 5.41 Å². The lowest BCUT2D eigenvalue weighted by atomic mass is 9.88. The average Bonchev–Trinajstić information content (AvgIpc) is 2.53. The van der Waals surface area contributed by atoms with Crippen molar-refractivity contribution in [3.63, 3.8) is 0 Å². The number of aliphatic carboxylic acids is 1. The number of carboxylic acid groups (broad SMARTS) is 1. The molecule has 0 saturated heterocycles. The maximum atomic E-state index is 12.1. The molecule has 1 rings (SSSR count). The van der Waals surface area contributed by atoms with E-state index in [4.69, 9.17) is 28.3 Å². The number of hydrogen-bond acceptors (Lipinski definition) is 4. The Balaban J connectivity index is 3.15. The van der Waals surface area contributed by atoms with Gasteiger partial charge in [0.25, 0.3) is 0 Å². The molecule has 1 heterocycles. The topological polar surface area (TPSA) is 83.5 Å². The highest BCUT2D eigenvalue weighted by Crippen LogP contribution is 2.34. The predicted molar refractivity (Wildman–Crippen MR) is 75.5 cm³/mol. The highest BCUT2D eigenvalue weighted by Gasteiger charge is 2.36. The van der Waals surface area contributed by atoms with Crippen molar-refractivity contribution in [2.45, 2.75) is 31.7 Å². The van der Waals surface area contributed by atoms with Crippen molar-refractivity contribution >= 4 is 50.5 Å². The number of sulfonamides is 1. The van der Waals surface area contributed by atoms with Gasteiger partial charge < -0.3 is 5.11 Å². The van der Waals surface area contributed by atoms with Crippen LogP contribution in [-0.2, 0) is 14.8 Å². The Morgan fingerprint density at radius 3 is 2.26 bits per heavy atom. The summed E-state index contributed by atoms with van der Waals surface area (Å²) in [6.07, 6.45) is 0. The Kier molecular flexibility index (Phi) is 4.90. The van der Waals surface area contributed by atoms with Gasteiger partial charge in [0.05, 0.1) is 4.34 Å². The fourth-order valence-electron chi connectivity index (χ4n) is 1.32. The van der Waals surface area contributed by atoms with E-state index in [-0.39, 0.29) is 13.6 Å². The van der Waals surface area contributed by atoms with Gasteiger partial charge >= 0.3 is 5.97 Å². The standard InChI is InChI=1S/C10H13Cl2NO4S2/c1-10(2,3)7(9(14)15)13-19(16,17)5-4-6(11)18-8(5)12/h4,7,13H,1-3H3,(H,14,15)/t7-/m0/s1. The van der Waals surface area contributed by atoms with Crippen molar-refractivity contribution in [3.05, 3.63) is 14.7 Å². The Morgan fingerprint density at radius 1 is 1.42 bits per heavy atom. The van der Waals surface area contributed by atoms with Gasteiger partial charge in [0.1, 0.15) is 15.3 Å². The zero-order valence-electron chi connectivity index (χ0n) is 10.4. The van der Waals surface area contributed by atoms with Crippen LogP contribution in [0.2, 0.25) is 8.67 Å². The average molecular weight is 346 g/mol.